The van der Waals surface area contributed by atoms with Crippen LogP contribution in [0, 0.1) is 5.82 Å². The molecule has 1 aliphatic heterocycles. The Labute approximate surface area is 175 Å². The molecule has 9 heteroatoms. The number of anilines is 3. The molecule has 1 saturated heterocycles. The van der Waals surface area contributed by atoms with Crippen LogP contribution in [0.3, 0.4) is 0 Å². The molecule has 2 aromatic carbocycles. The maximum absolute atomic E-state index is 12.9. The standard InChI is InChI=1S/C21H24FN3O4S/c22-16-4-6-17(7-5-16)23-20(26)14-30(28,29)15-21(27)24-18-8-10-19(11-9-18)25-12-2-1-3-13-25/h4-11H,1-3,12-15H2,(H,23,26)(H,24,27). The number of amides is 2. The second-order valence-electron chi connectivity index (χ2n) is 7.23. The lowest BCUT2D eigenvalue weighted by molar-refractivity contribution is -0.114. The van der Waals surface area contributed by atoms with E-state index in [9.17, 15) is 22.4 Å². The minimum atomic E-state index is -3.96. The van der Waals surface area contributed by atoms with E-state index in [-0.39, 0.29) is 5.69 Å². The SMILES string of the molecule is O=C(CS(=O)(=O)CC(=O)Nc1ccc(N2CCCCC2)cc1)Nc1ccc(F)cc1. The molecular formula is C21H24FN3O4S. The summed E-state index contributed by atoms with van der Waals surface area (Å²) < 4.78 is 37.2. The molecule has 3 rings (SSSR count). The third-order valence-corrected chi connectivity index (χ3v) is 6.11. The molecule has 2 N–H and O–H groups in total. The largest absolute Gasteiger partial charge is 0.372 e. The summed E-state index contributed by atoms with van der Waals surface area (Å²) in [6, 6.07) is 12.2. The van der Waals surface area contributed by atoms with Crippen LogP contribution in [0.4, 0.5) is 21.5 Å². The van der Waals surface area contributed by atoms with Gasteiger partial charge in [-0.2, -0.15) is 0 Å². The van der Waals surface area contributed by atoms with Crippen molar-refractivity contribution < 1.29 is 22.4 Å². The van der Waals surface area contributed by atoms with Crippen molar-refractivity contribution >= 4 is 38.7 Å². The van der Waals surface area contributed by atoms with E-state index in [4.69, 9.17) is 0 Å². The van der Waals surface area contributed by atoms with Crippen LogP contribution < -0.4 is 15.5 Å². The Hall–Kier alpha value is -2.94. The van der Waals surface area contributed by atoms with Gasteiger partial charge in [-0.1, -0.05) is 0 Å². The van der Waals surface area contributed by atoms with E-state index >= 15 is 0 Å². The highest BCUT2D eigenvalue weighted by molar-refractivity contribution is 7.92. The predicted octanol–water partition coefficient (Wildman–Crippen LogP) is 2.81. The molecule has 2 aromatic rings. The molecule has 160 valence electrons. The fourth-order valence-corrected chi connectivity index (χ4v) is 4.33. The Morgan fingerprint density at radius 2 is 1.27 bits per heavy atom. The molecular weight excluding hydrogens is 409 g/mol. The Morgan fingerprint density at radius 3 is 1.77 bits per heavy atom. The Kier molecular flexibility index (Phi) is 7.04. The number of nitrogens with zero attached hydrogens (tertiary/aromatic N) is 1. The summed E-state index contributed by atoms with van der Waals surface area (Å²) in [5, 5.41) is 4.91. The number of hydrogen-bond donors (Lipinski definition) is 2. The molecule has 2 amide bonds. The molecule has 1 fully saturated rings. The van der Waals surface area contributed by atoms with Crippen molar-refractivity contribution in [2.24, 2.45) is 0 Å². The fourth-order valence-electron chi connectivity index (χ4n) is 3.29. The van der Waals surface area contributed by atoms with Crippen molar-refractivity contribution in [1.29, 1.82) is 0 Å². The first-order valence-electron chi connectivity index (χ1n) is 9.71. The summed E-state index contributed by atoms with van der Waals surface area (Å²) in [4.78, 5) is 26.3. The van der Waals surface area contributed by atoms with Gasteiger partial charge >= 0.3 is 0 Å². The van der Waals surface area contributed by atoms with Gasteiger partial charge in [-0.15, -0.1) is 0 Å². The molecule has 7 nitrogen and oxygen atoms in total. The minimum absolute atomic E-state index is 0.273. The lowest BCUT2D eigenvalue weighted by atomic mass is 10.1. The van der Waals surface area contributed by atoms with Gasteiger partial charge in [0.05, 0.1) is 0 Å². The second-order valence-corrected chi connectivity index (χ2v) is 9.29. The highest BCUT2D eigenvalue weighted by atomic mass is 32.2. The van der Waals surface area contributed by atoms with Crippen LogP contribution in [0.1, 0.15) is 19.3 Å². The summed E-state index contributed by atoms with van der Waals surface area (Å²) in [5.41, 5.74) is 1.83. The molecule has 1 heterocycles. The Balaban J connectivity index is 1.50. The van der Waals surface area contributed by atoms with Gasteiger partial charge in [0.15, 0.2) is 9.84 Å². The zero-order valence-corrected chi connectivity index (χ0v) is 17.3. The smallest absolute Gasteiger partial charge is 0.239 e. The molecule has 0 unspecified atom stereocenters. The number of rotatable bonds is 7. The minimum Gasteiger partial charge on any atom is -0.372 e. The molecule has 0 spiro atoms. The van der Waals surface area contributed by atoms with E-state index in [1.165, 1.54) is 18.6 Å². The van der Waals surface area contributed by atoms with Gasteiger partial charge < -0.3 is 15.5 Å². The molecule has 0 aliphatic carbocycles. The third kappa shape index (κ3) is 6.55. The van der Waals surface area contributed by atoms with E-state index < -0.39 is 39.0 Å². The first-order valence-corrected chi connectivity index (χ1v) is 11.5. The van der Waals surface area contributed by atoms with E-state index in [2.05, 4.69) is 15.5 Å². The van der Waals surface area contributed by atoms with Gasteiger partial charge in [-0.25, -0.2) is 12.8 Å². The number of benzene rings is 2. The molecule has 0 radical (unpaired) electrons. The molecule has 1 aliphatic rings. The van der Waals surface area contributed by atoms with Crippen LogP contribution in [0.2, 0.25) is 0 Å². The van der Waals surface area contributed by atoms with Gasteiger partial charge in [0, 0.05) is 30.2 Å². The zero-order valence-electron chi connectivity index (χ0n) is 16.4. The van der Waals surface area contributed by atoms with Crippen molar-refractivity contribution in [3.8, 4) is 0 Å². The van der Waals surface area contributed by atoms with Crippen molar-refractivity contribution in [2.75, 3.05) is 40.1 Å². The first-order chi connectivity index (χ1) is 14.3. The van der Waals surface area contributed by atoms with Crippen LogP contribution in [-0.4, -0.2) is 44.8 Å². The van der Waals surface area contributed by atoms with Crippen molar-refractivity contribution in [3.05, 3.63) is 54.3 Å². The van der Waals surface area contributed by atoms with Crippen LogP contribution in [-0.2, 0) is 19.4 Å². The highest BCUT2D eigenvalue weighted by Gasteiger charge is 2.21. The summed E-state index contributed by atoms with van der Waals surface area (Å²) in [6.45, 7) is 2.01. The molecule has 0 saturated carbocycles. The van der Waals surface area contributed by atoms with Crippen molar-refractivity contribution in [2.45, 2.75) is 19.3 Å². The number of halogens is 1. The van der Waals surface area contributed by atoms with Gasteiger partial charge in [0.25, 0.3) is 0 Å². The monoisotopic (exact) mass is 433 g/mol. The lowest BCUT2D eigenvalue weighted by Crippen LogP contribution is -2.30. The van der Waals surface area contributed by atoms with Gasteiger partial charge in [-0.3, -0.25) is 9.59 Å². The van der Waals surface area contributed by atoms with Gasteiger partial charge in [0.1, 0.15) is 17.3 Å². The summed E-state index contributed by atoms with van der Waals surface area (Å²) in [7, 11) is -3.96. The lowest BCUT2D eigenvalue weighted by Gasteiger charge is -2.28. The van der Waals surface area contributed by atoms with Gasteiger partial charge in [0.2, 0.25) is 11.8 Å². The normalized spacial score (nSPS) is 14.2. The average Bonchev–Trinajstić information content (AvgIpc) is 2.70. The number of carbonyl (C=O) groups excluding carboxylic acids is 2. The van der Waals surface area contributed by atoms with Gasteiger partial charge in [-0.05, 0) is 67.8 Å². The van der Waals surface area contributed by atoms with Crippen molar-refractivity contribution in [3.63, 3.8) is 0 Å². The van der Waals surface area contributed by atoms with Crippen LogP contribution in [0.25, 0.3) is 0 Å². The topological polar surface area (TPSA) is 95.6 Å². The van der Waals surface area contributed by atoms with Crippen LogP contribution in [0.5, 0.6) is 0 Å². The summed E-state index contributed by atoms with van der Waals surface area (Å²) >= 11 is 0. The van der Waals surface area contributed by atoms with Crippen LogP contribution in [0.15, 0.2) is 48.5 Å². The van der Waals surface area contributed by atoms with E-state index in [0.29, 0.717) is 5.69 Å². The second kappa shape index (κ2) is 9.71. The quantitative estimate of drug-likeness (QED) is 0.700. The third-order valence-electron chi connectivity index (χ3n) is 4.70. The molecule has 30 heavy (non-hydrogen) atoms. The maximum Gasteiger partial charge on any atom is 0.239 e. The number of sulfone groups is 1. The predicted molar refractivity (Wildman–Crippen MR) is 115 cm³/mol. The fraction of sp³-hybridized carbons (Fsp3) is 0.333. The number of carbonyl (C=O) groups is 2. The van der Waals surface area contributed by atoms with E-state index in [1.807, 2.05) is 12.1 Å². The zero-order chi connectivity index (χ0) is 21.6. The molecule has 0 bridgehead atoms. The first kappa shape index (κ1) is 21.8. The van der Waals surface area contributed by atoms with E-state index in [1.54, 1.807) is 12.1 Å². The number of piperidine rings is 1. The van der Waals surface area contributed by atoms with Crippen molar-refractivity contribution in [1.82, 2.24) is 0 Å². The average molecular weight is 434 g/mol. The number of hydrogen-bond acceptors (Lipinski definition) is 5. The highest BCUT2D eigenvalue weighted by Crippen LogP contribution is 2.21. The Bertz CT molecular complexity index is 986. The van der Waals surface area contributed by atoms with Crippen LogP contribution >= 0.6 is 0 Å². The Morgan fingerprint density at radius 1 is 0.800 bits per heavy atom. The molecule has 0 atom stereocenters. The summed E-state index contributed by atoms with van der Waals surface area (Å²) in [5.74, 6) is -3.62. The molecule has 0 aromatic heterocycles. The number of nitrogens with one attached hydrogen (secondary N) is 2. The maximum atomic E-state index is 12.9. The van der Waals surface area contributed by atoms with E-state index in [0.717, 1.165) is 43.8 Å². The summed E-state index contributed by atoms with van der Waals surface area (Å²) in [6.07, 6.45) is 3.55.